The van der Waals surface area contributed by atoms with Gasteiger partial charge in [-0.1, -0.05) is 18.2 Å². The molecule has 0 spiro atoms. The highest BCUT2D eigenvalue weighted by molar-refractivity contribution is 6.02. The summed E-state index contributed by atoms with van der Waals surface area (Å²) in [6, 6.07) is 18.9. The van der Waals surface area contributed by atoms with Gasteiger partial charge in [-0.25, -0.2) is 9.97 Å². The molecule has 0 aliphatic carbocycles. The summed E-state index contributed by atoms with van der Waals surface area (Å²) < 4.78 is 5.10. The van der Waals surface area contributed by atoms with Crippen LogP contribution in [0, 0.1) is 0 Å². The molecule has 112 valence electrons. The topological polar surface area (TPSA) is 72.2 Å². The fourth-order valence-electron chi connectivity index (χ4n) is 2.50. The number of H-pyrrole nitrogens is 2. The second-order valence-corrected chi connectivity index (χ2v) is 5.18. The van der Waals surface area contributed by atoms with Crippen molar-refractivity contribution in [3.63, 3.8) is 0 Å². The third kappa shape index (κ3) is 2.60. The summed E-state index contributed by atoms with van der Waals surface area (Å²) in [5.41, 5.74) is 3.73. The minimum Gasteiger partial charge on any atom is -0.459 e. The highest BCUT2D eigenvalue weighted by Crippen LogP contribution is 2.20. The zero-order valence-corrected chi connectivity index (χ0v) is 12.2. The lowest BCUT2D eigenvalue weighted by atomic mass is 10.2. The van der Waals surface area contributed by atoms with E-state index in [-0.39, 0.29) is 11.7 Å². The Hall–Kier alpha value is -3.34. The van der Waals surface area contributed by atoms with Crippen molar-refractivity contribution in [3.8, 4) is 11.4 Å². The summed E-state index contributed by atoms with van der Waals surface area (Å²) in [5.74, 6) is 0.903. The molecule has 1 amide bonds. The fraction of sp³-hybridized carbons (Fsp3) is 0. The van der Waals surface area contributed by atoms with Crippen molar-refractivity contribution in [1.29, 1.82) is 0 Å². The van der Waals surface area contributed by atoms with Gasteiger partial charge in [-0.15, -0.1) is 0 Å². The van der Waals surface area contributed by atoms with Crippen LogP contribution in [0.3, 0.4) is 0 Å². The van der Waals surface area contributed by atoms with E-state index in [4.69, 9.17) is 4.42 Å². The van der Waals surface area contributed by atoms with Crippen LogP contribution in [-0.2, 0) is 0 Å². The smallest absolute Gasteiger partial charge is 0.291 e. The van der Waals surface area contributed by atoms with Crippen molar-refractivity contribution < 1.29 is 14.2 Å². The van der Waals surface area contributed by atoms with Gasteiger partial charge in [0.25, 0.3) is 11.7 Å². The van der Waals surface area contributed by atoms with Gasteiger partial charge in [-0.2, -0.15) is 0 Å². The lowest BCUT2D eigenvalue weighted by molar-refractivity contribution is -0.330. The van der Waals surface area contributed by atoms with E-state index < -0.39 is 0 Å². The van der Waals surface area contributed by atoms with E-state index in [9.17, 15) is 4.79 Å². The van der Waals surface area contributed by atoms with Gasteiger partial charge in [-0.3, -0.25) is 4.79 Å². The van der Waals surface area contributed by atoms with E-state index in [0.717, 1.165) is 22.4 Å². The highest BCUT2D eigenvalue weighted by atomic mass is 16.3. The number of benzene rings is 2. The van der Waals surface area contributed by atoms with Crippen LogP contribution < -0.4 is 10.3 Å². The summed E-state index contributed by atoms with van der Waals surface area (Å²) in [5, 5.41) is 2.83. The van der Waals surface area contributed by atoms with E-state index in [1.807, 2.05) is 48.5 Å². The molecule has 4 rings (SSSR count). The number of nitrogens with one attached hydrogen (secondary N) is 3. The molecule has 0 fully saturated rings. The number of fused-ring (bicyclic) bond motifs is 1. The third-order valence-corrected chi connectivity index (χ3v) is 3.60. The van der Waals surface area contributed by atoms with Crippen molar-refractivity contribution >= 4 is 22.6 Å². The molecule has 0 saturated carbocycles. The van der Waals surface area contributed by atoms with Crippen LogP contribution >= 0.6 is 0 Å². The van der Waals surface area contributed by atoms with Gasteiger partial charge in [0.1, 0.15) is 0 Å². The minimum absolute atomic E-state index is 0.271. The van der Waals surface area contributed by atoms with Crippen LogP contribution in [0.1, 0.15) is 10.6 Å². The molecule has 0 saturated heterocycles. The summed E-state index contributed by atoms with van der Waals surface area (Å²) >= 11 is 0. The lowest BCUT2D eigenvalue weighted by Gasteiger charge is -2.03. The minimum atomic E-state index is -0.271. The van der Waals surface area contributed by atoms with Gasteiger partial charge in [0.15, 0.2) is 16.8 Å². The Morgan fingerprint density at radius 2 is 1.96 bits per heavy atom. The van der Waals surface area contributed by atoms with Crippen molar-refractivity contribution in [2.45, 2.75) is 0 Å². The van der Waals surface area contributed by atoms with Crippen molar-refractivity contribution in [2.24, 2.45) is 0 Å². The largest absolute Gasteiger partial charge is 0.459 e. The average Bonchev–Trinajstić information content (AvgIpc) is 3.24. The zero-order valence-electron chi connectivity index (χ0n) is 12.2. The first kappa shape index (κ1) is 13.3. The number of hydrogen-bond acceptors (Lipinski definition) is 2. The van der Waals surface area contributed by atoms with Crippen LogP contribution in [0.15, 0.2) is 71.3 Å². The standard InChI is InChI=1S/C18H13N3O2/c22-18(16-9-4-10-23-16)19-13-6-3-5-12(11-13)17-20-14-7-1-2-8-15(14)21-17/h1-11H,(H,19,22)(H,20,21)/p+1. The van der Waals surface area contributed by atoms with Gasteiger partial charge >= 0.3 is 0 Å². The Morgan fingerprint density at radius 1 is 1.04 bits per heavy atom. The molecule has 2 aromatic heterocycles. The first-order valence-electron chi connectivity index (χ1n) is 7.25. The Bertz CT molecular complexity index is 938. The van der Waals surface area contributed by atoms with Crippen LogP contribution in [-0.4, -0.2) is 10.9 Å². The third-order valence-electron chi connectivity index (χ3n) is 3.60. The van der Waals surface area contributed by atoms with E-state index in [2.05, 4.69) is 15.3 Å². The molecule has 0 unspecified atom stereocenters. The van der Waals surface area contributed by atoms with Gasteiger partial charge < -0.3 is 9.73 Å². The number of para-hydroxylation sites is 2. The summed E-state index contributed by atoms with van der Waals surface area (Å²) in [4.78, 5) is 18.7. The quantitative estimate of drug-likeness (QED) is 0.608. The first-order chi connectivity index (χ1) is 11.3. The predicted molar refractivity (Wildman–Crippen MR) is 87.0 cm³/mol. The van der Waals surface area contributed by atoms with Gasteiger partial charge in [0, 0.05) is 5.69 Å². The normalized spacial score (nSPS) is 10.8. The van der Waals surface area contributed by atoms with Gasteiger partial charge in [-0.05, 0) is 42.5 Å². The molecule has 3 N–H and O–H groups in total. The van der Waals surface area contributed by atoms with Crippen molar-refractivity contribution in [1.82, 2.24) is 4.98 Å². The number of aromatic nitrogens is 2. The number of aromatic amines is 2. The molecular formula is C18H14N3O2+. The SMILES string of the molecule is O=C(Nc1cccc(-c2[nH]c3ccccc3[nH+]2)c1)c1ccco1. The molecule has 0 atom stereocenters. The Balaban J connectivity index is 1.64. The Labute approximate surface area is 132 Å². The Morgan fingerprint density at radius 3 is 2.78 bits per heavy atom. The van der Waals surface area contributed by atoms with E-state index >= 15 is 0 Å². The monoisotopic (exact) mass is 304 g/mol. The molecule has 0 aliphatic heterocycles. The molecule has 5 heteroatoms. The molecule has 2 heterocycles. The first-order valence-corrected chi connectivity index (χ1v) is 7.25. The fourth-order valence-corrected chi connectivity index (χ4v) is 2.50. The second kappa shape index (κ2) is 5.46. The summed E-state index contributed by atoms with van der Waals surface area (Å²) in [7, 11) is 0. The molecular weight excluding hydrogens is 290 g/mol. The number of carbonyl (C=O) groups excluding carboxylic acids is 1. The van der Waals surface area contributed by atoms with Gasteiger partial charge in [0.05, 0.1) is 11.8 Å². The average molecular weight is 304 g/mol. The number of anilines is 1. The maximum absolute atomic E-state index is 12.0. The molecule has 0 bridgehead atoms. The highest BCUT2D eigenvalue weighted by Gasteiger charge is 2.13. The van der Waals surface area contributed by atoms with E-state index in [1.165, 1.54) is 6.26 Å². The number of amides is 1. The van der Waals surface area contributed by atoms with E-state index in [1.54, 1.807) is 12.1 Å². The van der Waals surface area contributed by atoms with Crippen LogP contribution in [0.5, 0.6) is 0 Å². The predicted octanol–water partition coefficient (Wildman–Crippen LogP) is 3.49. The maximum Gasteiger partial charge on any atom is 0.291 e. The number of rotatable bonds is 3. The van der Waals surface area contributed by atoms with Crippen LogP contribution in [0.4, 0.5) is 5.69 Å². The van der Waals surface area contributed by atoms with Crippen LogP contribution in [0.25, 0.3) is 22.4 Å². The summed E-state index contributed by atoms with van der Waals surface area (Å²) in [6.07, 6.45) is 1.48. The van der Waals surface area contributed by atoms with Gasteiger partial charge in [0.2, 0.25) is 0 Å². The van der Waals surface area contributed by atoms with Crippen molar-refractivity contribution in [3.05, 3.63) is 72.7 Å². The molecule has 0 aliphatic rings. The van der Waals surface area contributed by atoms with Crippen LogP contribution in [0.2, 0.25) is 0 Å². The molecule has 23 heavy (non-hydrogen) atoms. The Kier molecular flexibility index (Phi) is 3.16. The van der Waals surface area contributed by atoms with E-state index in [0.29, 0.717) is 5.69 Å². The second-order valence-electron chi connectivity index (χ2n) is 5.18. The molecule has 0 radical (unpaired) electrons. The number of imidazole rings is 1. The number of furan rings is 1. The summed E-state index contributed by atoms with van der Waals surface area (Å²) in [6.45, 7) is 0. The number of carbonyl (C=O) groups is 1. The molecule has 5 nitrogen and oxygen atoms in total. The molecule has 4 aromatic rings. The van der Waals surface area contributed by atoms with Crippen molar-refractivity contribution in [2.75, 3.05) is 5.32 Å². The molecule has 2 aromatic carbocycles. The maximum atomic E-state index is 12.0. The number of hydrogen-bond donors (Lipinski definition) is 2. The zero-order chi connectivity index (χ0) is 15.6. The lowest BCUT2D eigenvalue weighted by Crippen LogP contribution is -2.11.